The molecule has 2 heterocycles. The van der Waals surface area contributed by atoms with E-state index < -0.39 is 10.0 Å². The van der Waals surface area contributed by atoms with Gasteiger partial charge in [-0.15, -0.1) is 0 Å². The van der Waals surface area contributed by atoms with Gasteiger partial charge in [-0.3, -0.25) is 4.79 Å². The molecule has 4 rings (SSSR count). The Morgan fingerprint density at radius 1 is 1.04 bits per heavy atom. The molecule has 1 saturated heterocycles. The van der Waals surface area contributed by atoms with Crippen LogP contribution in [0.2, 0.25) is 0 Å². The van der Waals surface area contributed by atoms with Crippen molar-refractivity contribution in [2.75, 3.05) is 26.2 Å². The summed E-state index contributed by atoms with van der Waals surface area (Å²) in [7, 11) is -3.54. The lowest BCUT2D eigenvalue weighted by Gasteiger charge is -2.34. The Morgan fingerprint density at radius 3 is 2.52 bits per heavy atom. The van der Waals surface area contributed by atoms with Gasteiger partial charge in [0, 0.05) is 32.4 Å². The van der Waals surface area contributed by atoms with Gasteiger partial charge in [-0.25, -0.2) is 8.42 Å². The summed E-state index contributed by atoms with van der Waals surface area (Å²) in [5.41, 5.74) is 2.84. The normalized spacial score (nSPS) is 17.7. The summed E-state index contributed by atoms with van der Waals surface area (Å²) in [4.78, 5) is 17.5. The van der Waals surface area contributed by atoms with E-state index in [1.807, 2.05) is 12.1 Å². The molecule has 0 saturated carbocycles. The van der Waals surface area contributed by atoms with E-state index in [0.717, 1.165) is 24.8 Å². The zero-order valence-electron chi connectivity index (χ0n) is 14.8. The largest absolute Gasteiger partial charge is 0.352 e. The van der Waals surface area contributed by atoms with E-state index in [4.69, 9.17) is 12.2 Å². The molecular formula is C19H21N3O3S2. The van der Waals surface area contributed by atoms with Crippen LogP contribution >= 0.6 is 12.2 Å². The van der Waals surface area contributed by atoms with Gasteiger partial charge in [0.15, 0.2) is 0 Å². The SMILES string of the molecule is O=C(c1ccc[nH]c1=S)N1CCN(S(=O)(=O)c2ccc3c(c2)CCC3)CC1. The number of sulfonamides is 1. The van der Waals surface area contributed by atoms with Crippen LogP contribution in [0.3, 0.4) is 0 Å². The summed E-state index contributed by atoms with van der Waals surface area (Å²) in [5, 5.41) is 0. The van der Waals surface area contributed by atoms with Crippen LogP contribution in [0.4, 0.5) is 0 Å². The van der Waals surface area contributed by atoms with E-state index in [1.54, 1.807) is 29.3 Å². The van der Waals surface area contributed by atoms with E-state index in [-0.39, 0.29) is 19.0 Å². The number of nitrogens with zero attached hydrogens (tertiary/aromatic N) is 2. The summed E-state index contributed by atoms with van der Waals surface area (Å²) < 4.78 is 27.8. The Balaban J connectivity index is 1.48. The summed E-state index contributed by atoms with van der Waals surface area (Å²) >= 11 is 5.17. The van der Waals surface area contributed by atoms with Crippen molar-refractivity contribution < 1.29 is 13.2 Å². The highest BCUT2D eigenvalue weighted by atomic mass is 32.2. The Hall–Kier alpha value is -2.03. The highest BCUT2D eigenvalue weighted by Gasteiger charge is 2.31. The number of H-pyrrole nitrogens is 1. The molecular weight excluding hydrogens is 382 g/mol. The van der Waals surface area contributed by atoms with Crippen molar-refractivity contribution in [3.8, 4) is 0 Å². The number of hydrogen-bond acceptors (Lipinski definition) is 4. The van der Waals surface area contributed by atoms with Crippen LogP contribution in [0.25, 0.3) is 0 Å². The second-order valence-electron chi connectivity index (χ2n) is 6.89. The fraction of sp³-hybridized carbons (Fsp3) is 0.368. The zero-order valence-corrected chi connectivity index (χ0v) is 16.5. The topological polar surface area (TPSA) is 73.5 Å². The number of carbonyl (C=O) groups is 1. The molecule has 0 unspecified atom stereocenters. The van der Waals surface area contributed by atoms with Crippen molar-refractivity contribution in [1.29, 1.82) is 0 Å². The lowest BCUT2D eigenvalue weighted by molar-refractivity contribution is 0.0697. The number of aromatic nitrogens is 1. The van der Waals surface area contributed by atoms with E-state index >= 15 is 0 Å². The first-order valence-electron chi connectivity index (χ1n) is 9.06. The number of piperazine rings is 1. The Bertz CT molecular complexity index is 1040. The molecule has 8 heteroatoms. The molecule has 27 heavy (non-hydrogen) atoms. The summed E-state index contributed by atoms with van der Waals surface area (Å²) in [6, 6.07) is 8.89. The minimum absolute atomic E-state index is 0.161. The molecule has 1 fully saturated rings. The first-order valence-corrected chi connectivity index (χ1v) is 10.9. The van der Waals surface area contributed by atoms with E-state index in [9.17, 15) is 13.2 Å². The highest BCUT2D eigenvalue weighted by molar-refractivity contribution is 7.89. The predicted octanol–water partition coefficient (Wildman–Crippen LogP) is 2.38. The van der Waals surface area contributed by atoms with Crippen LogP contribution in [0.5, 0.6) is 0 Å². The summed E-state index contributed by atoms with van der Waals surface area (Å²) in [6.07, 6.45) is 4.73. The first-order chi connectivity index (χ1) is 13.0. The number of amides is 1. The van der Waals surface area contributed by atoms with E-state index in [1.165, 1.54) is 9.87 Å². The lowest BCUT2D eigenvalue weighted by Crippen LogP contribution is -2.50. The Kier molecular flexibility index (Phi) is 4.88. The maximum atomic E-state index is 13.0. The fourth-order valence-electron chi connectivity index (χ4n) is 3.75. The number of pyridine rings is 1. The maximum absolute atomic E-state index is 13.0. The highest BCUT2D eigenvalue weighted by Crippen LogP contribution is 2.26. The van der Waals surface area contributed by atoms with Crippen molar-refractivity contribution in [3.63, 3.8) is 0 Å². The molecule has 2 aliphatic rings. The fourth-order valence-corrected chi connectivity index (χ4v) is 5.45. The van der Waals surface area contributed by atoms with Crippen LogP contribution in [0.15, 0.2) is 41.4 Å². The molecule has 0 atom stereocenters. The minimum atomic E-state index is -3.54. The zero-order chi connectivity index (χ0) is 19.0. The number of benzene rings is 1. The maximum Gasteiger partial charge on any atom is 0.256 e. The number of aryl methyl sites for hydroxylation is 2. The average Bonchev–Trinajstić information content (AvgIpc) is 3.16. The van der Waals surface area contributed by atoms with Crippen molar-refractivity contribution in [1.82, 2.24) is 14.2 Å². The Labute approximate surface area is 163 Å². The lowest BCUT2D eigenvalue weighted by atomic mass is 10.1. The number of aromatic amines is 1. The average molecular weight is 404 g/mol. The standard InChI is InChI=1S/C19H21N3O3S2/c23-19(17-5-2-8-20-18(17)26)21-9-11-22(12-10-21)27(24,25)16-7-6-14-3-1-4-15(14)13-16/h2,5-8,13H,1,3-4,9-12H2,(H,20,26). The van der Waals surface area contributed by atoms with Gasteiger partial charge in [-0.05, 0) is 54.7 Å². The molecule has 142 valence electrons. The van der Waals surface area contributed by atoms with Gasteiger partial charge in [0.05, 0.1) is 10.5 Å². The number of carbonyl (C=O) groups excluding carboxylic acids is 1. The van der Waals surface area contributed by atoms with Crippen LogP contribution in [0, 0.1) is 4.64 Å². The van der Waals surface area contributed by atoms with Gasteiger partial charge in [0.25, 0.3) is 5.91 Å². The van der Waals surface area contributed by atoms with Gasteiger partial charge in [-0.1, -0.05) is 18.3 Å². The third kappa shape index (κ3) is 3.44. The molecule has 6 nitrogen and oxygen atoms in total. The molecule has 0 bridgehead atoms. The van der Waals surface area contributed by atoms with Crippen molar-refractivity contribution >= 4 is 28.1 Å². The monoisotopic (exact) mass is 403 g/mol. The van der Waals surface area contributed by atoms with Crippen molar-refractivity contribution in [3.05, 3.63) is 57.9 Å². The summed E-state index contributed by atoms with van der Waals surface area (Å²) in [5.74, 6) is -0.161. The molecule has 1 aliphatic heterocycles. The van der Waals surface area contributed by atoms with E-state index in [0.29, 0.717) is 28.2 Å². The van der Waals surface area contributed by atoms with Gasteiger partial charge >= 0.3 is 0 Å². The molecule has 2 aromatic rings. The van der Waals surface area contributed by atoms with Crippen LogP contribution < -0.4 is 0 Å². The third-order valence-electron chi connectivity index (χ3n) is 5.28. The molecule has 1 amide bonds. The minimum Gasteiger partial charge on any atom is -0.352 e. The van der Waals surface area contributed by atoms with Gasteiger partial charge in [0.2, 0.25) is 10.0 Å². The Morgan fingerprint density at radius 2 is 1.78 bits per heavy atom. The second kappa shape index (κ2) is 7.18. The van der Waals surface area contributed by atoms with Crippen LogP contribution in [-0.4, -0.2) is 54.7 Å². The number of fused-ring (bicyclic) bond motifs is 1. The van der Waals surface area contributed by atoms with Gasteiger partial charge < -0.3 is 9.88 Å². The number of rotatable bonds is 3. The van der Waals surface area contributed by atoms with E-state index in [2.05, 4.69) is 4.98 Å². The third-order valence-corrected chi connectivity index (χ3v) is 7.51. The predicted molar refractivity (Wildman–Crippen MR) is 105 cm³/mol. The van der Waals surface area contributed by atoms with Crippen molar-refractivity contribution in [2.45, 2.75) is 24.2 Å². The molecule has 0 spiro atoms. The number of nitrogens with one attached hydrogen (secondary N) is 1. The molecule has 0 radical (unpaired) electrons. The van der Waals surface area contributed by atoms with Crippen LogP contribution in [-0.2, 0) is 22.9 Å². The van der Waals surface area contributed by atoms with Gasteiger partial charge in [0.1, 0.15) is 4.64 Å². The molecule has 1 aliphatic carbocycles. The molecule has 1 N–H and O–H groups in total. The first kappa shape index (κ1) is 18.3. The summed E-state index contributed by atoms with van der Waals surface area (Å²) in [6.45, 7) is 1.28. The quantitative estimate of drug-likeness (QED) is 0.799. The second-order valence-corrected chi connectivity index (χ2v) is 9.24. The smallest absolute Gasteiger partial charge is 0.256 e. The molecule has 1 aromatic heterocycles. The van der Waals surface area contributed by atoms with Crippen molar-refractivity contribution in [2.24, 2.45) is 0 Å². The number of hydrogen-bond donors (Lipinski definition) is 1. The van der Waals surface area contributed by atoms with Gasteiger partial charge in [-0.2, -0.15) is 4.31 Å². The van der Waals surface area contributed by atoms with Crippen LogP contribution in [0.1, 0.15) is 27.9 Å². The molecule has 1 aromatic carbocycles.